The minimum atomic E-state index is -3.93. The molecule has 0 spiro atoms. The van der Waals surface area contributed by atoms with Gasteiger partial charge >= 0.3 is 6.01 Å². The fraction of sp³-hybridized carbons (Fsp3) is 0.105. The molecule has 156 valence electrons. The minimum absolute atomic E-state index is 0.00485. The molecular formula is C19H17IN4O5S. The van der Waals surface area contributed by atoms with E-state index in [4.69, 9.17) is 9.47 Å². The highest BCUT2D eigenvalue weighted by atomic mass is 127. The number of ether oxygens (including phenoxy) is 2. The van der Waals surface area contributed by atoms with Crippen molar-refractivity contribution < 1.29 is 22.7 Å². The van der Waals surface area contributed by atoms with Crippen molar-refractivity contribution in [1.29, 1.82) is 0 Å². The molecule has 0 radical (unpaired) electrons. The van der Waals surface area contributed by atoms with E-state index in [2.05, 4.69) is 42.6 Å². The van der Waals surface area contributed by atoms with Gasteiger partial charge in [-0.1, -0.05) is 6.07 Å². The Morgan fingerprint density at radius 3 is 2.37 bits per heavy atom. The molecule has 1 amide bonds. The lowest BCUT2D eigenvalue weighted by Crippen LogP contribution is -2.15. The second kappa shape index (κ2) is 9.26. The van der Waals surface area contributed by atoms with Gasteiger partial charge < -0.3 is 14.8 Å². The van der Waals surface area contributed by atoms with Gasteiger partial charge in [0.15, 0.2) is 5.82 Å². The summed E-state index contributed by atoms with van der Waals surface area (Å²) in [5, 5.41) is 2.73. The van der Waals surface area contributed by atoms with Gasteiger partial charge in [-0.05, 0) is 65.1 Å². The van der Waals surface area contributed by atoms with Gasteiger partial charge in [0.2, 0.25) is 5.88 Å². The van der Waals surface area contributed by atoms with Crippen LogP contribution in [0.25, 0.3) is 0 Å². The Hall–Kier alpha value is -2.93. The van der Waals surface area contributed by atoms with Crippen molar-refractivity contribution in [1.82, 2.24) is 9.97 Å². The third-order valence-electron chi connectivity index (χ3n) is 3.82. The maximum Gasteiger partial charge on any atom is 0.321 e. The maximum atomic E-state index is 12.7. The van der Waals surface area contributed by atoms with Crippen molar-refractivity contribution in [3.05, 3.63) is 63.7 Å². The van der Waals surface area contributed by atoms with E-state index in [0.717, 1.165) is 3.57 Å². The van der Waals surface area contributed by atoms with Crippen LogP contribution in [0.5, 0.6) is 11.9 Å². The van der Waals surface area contributed by atoms with Crippen molar-refractivity contribution in [2.24, 2.45) is 0 Å². The predicted molar refractivity (Wildman–Crippen MR) is 119 cm³/mol. The minimum Gasteiger partial charge on any atom is -0.481 e. The number of carbonyl (C=O) groups is 1. The average molecular weight is 540 g/mol. The Labute approximate surface area is 187 Å². The van der Waals surface area contributed by atoms with E-state index in [1.807, 2.05) is 6.07 Å². The largest absolute Gasteiger partial charge is 0.481 e. The third-order valence-corrected chi connectivity index (χ3v) is 5.86. The lowest BCUT2D eigenvalue weighted by molar-refractivity contribution is 0.102. The number of methoxy groups -OCH3 is 2. The van der Waals surface area contributed by atoms with Crippen LogP contribution in [-0.2, 0) is 10.0 Å². The van der Waals surface area contributed by atoms with Gasteiger partial charge in [0.1, 0.15) is 0 Å². The van der Waals surface area contributed by atoms with E-state index in [-0.39, 0.29) is 28.5 Å². The molecule has 0 saturated carbocycles. The number of hydrogen-bond donors (Lipinski definition) is 2. The Morgan fingerprint density at radius 2 is 1.73 bits per heavy atom. The smallest absolute Gasteiger partial charge is 0.321 e. The standard InChI is InChI=1S/C19H17IN4O5S/c1-28-17-11-16(22-19(23-17)29-2)24-30(26,27)15-8-6-14(7-9-15)21-18(25)12-4-3-5-13(20)10-12/h3-11H,1-2H3,(H,21,25)(H,22,23,24). The predicted octanol–water partition coefficient (Wildman–Crippen LogP) is 3.15. The van der Waals surface area contributed by atoms with Crippen LogP contribution in [0, 0.1) is 3.57 Å². The van der Waals surface area contributed by atoms with E-state index in [1.54, 1.807) is 18.2 Å². The molecule has 1 heterocycles. The van der Waals surface area contributed by atoms with Gasteiger partial charge in [0.25, 0.3) is 15.9 Å². The number of aromatic nitrogens is 2. The lowest BCUT2D eigenvalue weighted by atomic mass is 10.2. The number of amides is 1. The van der Waals surface area contributed by atoms with Crippen LogP contribution < -0.4 is 19.5 Å². The van der Waals surface area contributed by atoms with Gasteiger partial charge in [-0.15, -0.1) is 0 Å². The first-order chi connectivity index (χ1) is 14.3. The molecule has 0 saturated heterocycles. The summed E-state index contributed by atoms with van der Waals surface area (Å²) < 4.78 is 38.5. The summed E-state index contributed by atoms with van der Waals surface area (Å²) in [6, 6.07) is 14.2. The molecule has 0 aliphatic carbocycles. The van der Waals surface area contributed by atoms with Crippen LogP contribution >= 0.6 is 22.6 Å². The number of carbonyl (C=O) groups excluding carboxylic acids is 1. The highest BCUT2D eigenvalue weighted by Crippen LogP contribution is 2.22. The van der Waals surface area contributed by atoms with Crippen molar-refractivity contribution in [2.45, 2.75) is 4.90 Å². The van der Waals surface area contributed by atoms with Crippen LogP contribution in [0.3, 0.4) is 0 Å². The van der Waals surface area contributed by atoms with Crippen LogP contribution in [0.1, 0.15) is 10.4 Å². The Bertz CT molecular complexity index is 1150. The molecule has 0 aliphatic rings. The van der Waals surface area contributed by atoms with Crippen molar-refractivity contribution in [2.75, 3.05) is 24.3 Å². The normalized spacial score (nSPS) is 10.9. The topological polar surface area (TPSA) is 120 Å². The van der Waals surface area contributed by atoms with E-state index < -0.39 is 10.0 Å². The summed E-state index contributed by atoms with van der Waals surface area (Å²) in [5.74, 6) is -0.148. The van der Waals surface area contributed by atoms with Crippen LogP contribution in [0.2, 0.25) is 0 Å². The van der Waals surface area contributed by atoms with Crippen molar-refractivity contribution in [3.63, 3.8) is 0 Å². The zero-order valence-corrected chi connectivity index (χ0v) is 18.9. The fourth-order valence-corrected chi connectivity index (χ4v) is 3.93. The number of anilines is 2. The number of benzene rings is 2. The molecule has 0 aliphatic heterocycles. The number of halogens is 1. The first-order valence-electron chi connectivity index (χ1n) is 8.47. The number of rotatable bonds is 7. The van der Waals surface area contributed by atoms with Gasteiger partial charge in [-0.3, -0.25) is 9.52 Å². The maximum absolute atomic E-state index is 12.7. The molecular weight excluding hydrogens is 523 g/mol. The molecule has 0 bridgehead atoms. The molecule has 1 aromatic heterocycles. The van der Waals surface area contributed by atoms with Gasteiger partial charge in [-0.2, -0.15) is 9.97 Å². The van der Waals surface area contributed by atoms with Crippen molar-refractivity contribution in [3.8, 4) is 11.9 Å². The van der Waals surface area contributed by atoms with E-state index in [1.165, 1.54) is 44.6 Å². The highest BCUT2D eigenvalue weighted by Gasteiger charge is 2.17. The first kappa shape index (κ1) is 21.8. The zero-order valence-electron chi connectivity index (χ0n) is 15.9. The summed E-state index contributed by atoms with van der Waals surface area (Å²) >= 11 is 2.12. The second-order valence-electron chi connectivity index (χ2n) is 5.88. The summed E-state index contributed by atoms with van der Waals surface area (Å²) in [6.07, 6.45) is 0. The van der Waals surface area contributed by atoms with Crippen molar-refractivity contribution >= 4 is 50.0 Å². The molecule has 30 heavy (non-hydrogen) atoms. The highest BCUT2D eigenvalue weighted by molar-refractivity contribution is 14.1. The Kier molecular flexibility index (Phi) is 6.72. The van der Waals surface area contributed by atoms with Crippen LogP contribution in [-0.4, -0.2) is 38.5 Å². The van der Waals surface area contributed by atoms with Crippen LogP contribution in [0.15, 0.2) is 59.5 Å². The Morgan fingerprint density at radius 1 is 1.00 bits per heavy atom. The molecule has 2 N–H and O–H groups in total. The Balaban J connectivity index is 1.75. The summed E-state index contributed by atoms with van der Waals surface area (Å²) in [5.41, 5.74) is 0.968. The van der Waals surface area contributed by atoms with Crippen LogP contribution in [0.4, 0.5) is 11.5 Å². The first-order valence-corrected chi connectivity index (χ1v) is 11.0. The van der Waals surface area contributed by atoms with E-state index >= 15 is 0 Å². The monoisotopic (exact) mass is 540 g/mol. The molecule has 3 rings (SSSR count). The quantitative estimate of drug-likeness (QED) is 0.442. The van der Waals surface area contributed by atoms with Gasteiger partial charge in [0, 0.05) is 20.9 Å². The van der Waals surface area contributed by atoms with Gasteiger partial charge in [-0.25, -0.2) is 8.42 Å². The number of nitrogens with one attached hydrogen (secondary N) is 2. The molecule has 2 aromatic carbocycles. The molecule has 9 nitrogen and oxygen atoms in total. The molecule has 11 heteroatoms. The van der Waals surface area contributed by atoms with E-state index in [9.17, 15) is 13.2 Å². The SMILES string of the molecule is COc1cc(NS(=O)(=O)c2ccc(NC(=O)c3cccc(I)c3)cc2)nc(OC)n1. The van der Waals surface area contributed by atoms with Gasteiger partial charge in [0.05, 0.1) is 19.1 Å². The number of nitrogens with zero attached hydrogens (tertiary/aromatic N) is 2. The molecule has 0 unspecified atom stereocenters. The average Bonchev–Trinajstić information content (AvgIpc) is 2.73. The number of hydrogen-bond acceptors (Lipinski definition) is 7. The zero-order chi connectivity index (χ0) is 21.7. The molecule has 0 fully saturated rings. The summed E-state index contributed by atoms with van der Waals surface area (Å²) in [6.45, 7) is 0. The second-order valence-corrected chi connectivity index (χ2v) is 8.80. The fourth-order valence-electron chi connectivity index (χ4n) is 2.40. The van der Waals surface area contributed by atoms with E-state index in [0.29, 0.717) is 11.3 Å². The summed E-state index contributed by atoms with van der Waals surface area (Å²) in [4.78, 5) is 20.2. The third kappa shape index (κ3) is 5.36. The molecule has 0 atom stereocenters. The summed E-state index contributed by atoms with van der Waals surface area (Å²) in [7, 11) is -1.18. The molecule has 3 aromatic rings. The number of sulfonamides is 1. The lowest BCUT2D eigenvalue weighted by Gasteiger charge is -2.10.